The highest BCUT2D eigenvalue weighted by Gasteiger charge is 2.59. The van der Waals surface area contributed by atoms with Gasteiger partial charge in [-0.2, -0.15) is 0 Å². The van der Waals surface area contributed by atoms with Crippen molar-refractivity contribution in [1.82, 2.24) is 16.0 Å². The zero-order valence-electron chi connectivity index (χ0n) is 69.8. The van der Waals surface area contributed by atoms with Gasteiger partial charge in [0.1, 0.15) is 146 Å². The molecule has 21 N–H and O–H groups in total. The van der Waals surface area contributed by atoms with Gasteiger partial charge in [0.25, 0.3) is 0 Å². The monoisotopic (exact) mass is 1700 g/mol. The highest BCUT2D eigenvalue weighted by Crippen LogP contribution is 2.38. The van der Waals surface area contributed by atoms with Crippen molar-refractivity contribution >= 4 is 17.7 Å². The summed E-state index contributed by atoms with van der Waals surface area (Å²) in [4.78, 5) is 39.5. The number of allylic oxidation sites excluding steroid dienone is 1. The molecule has 0 radical (unpaired) electrons. The summed E-state index contributed by atoms with van der Waals surface area (Å²) in [6, 6.07) is -4.71. The van der Waals surface area contributed by atoms with Crippen molar-refractivity contribution in [2.45, 2.75) is 442 Å². The molecule has 0 bridgehead atoms. The Morgan fingerprint density at radius 3 is 1.06 bits per heavy atom. The van der Waals surface area contributed by atoms with Gasteiger partial charge >= 0.3 is 0 Å². The van der Waals surface area contributed by atoms with E-state index in [-0.39, 0.29) is 12.3 Å². The average Bonchev–Trinajstić information content (AvgIpc) is 0.765. The summed E-state index contributed by atoms with van der Waals surface area (Å²) in [5.74, 6) is -2.08. The van der Waals surface area contributed by atoms with Crippen LogP contribution in [0.1, 0.15) is 246 Å². The van der Waals surface area contributed by atoms with Gasteiger partial charge in [-0.3, -0.25) is 14.4 Å². The molecule has 6 rings (SSSR count). The SMILES string of the molecule is CCCCCCCCCCCCC/C=C/[C@@H](O)[C@H](CO[C@@H]1OC(CO)[C@@H](O[C@@H]2OC(CO)[C@H](O)[C@H](O[C@@H]3OC(CO)[C@@H](O)[C@H](O[C@@H]4OC(CO)[C@H](O)[C@H](O[C@@H]5OC(CO)[C@@H](O[C@@H]6OC(CO)[C@H](O)[C@H](O)C6O)[C@H](O)C5NC(C)=O)C4O)C3NC(C)=O)C2O)[C@H](O)C1O)NC(=O)CCCCCCCCCCCCCCCCCCCCCCC. The standard InChI is InChI=1S/C82H149N3O33/c1-5-7-9-11-13-15-17-19-20-21-22-23-24-25-26-28-30-32-34-36-38-40-58(95)85-50(51(94)39-37-35-33-31-29-27-18-16-14-12-10-8-6-2)47-107-79-69(104)67(102)73(57(46-91)113-79)115-81-70(105)76(64(99)54(43-88)110-81)118-78-60(84-49(4)93)74(62(97)53(42-87)108-78)116-82-71(106)75(63(98)55(44-89)111-82)117-77-59(83-48(3)92)65(100)72(56(45-90)112-77)114-80-68(103)66(101)61(96)52(41-86)109-80/h37,39,50-57,59-82,86-91,94,96-106H,5-36,38,40-47H2,1-4H3,(H,83,92)(H,84,93)(H,85,95)/b39-37+/t50-,51+,52?,53?,54?,55?,56?,57?,59?,60?,61-,62+,63-,64-,65+,66-,67+,68?,69?,70?,71?,72+,73+,74+,75-,76-,77-,78-,79+,80-,81-,82-/m0/s1. The second-order valence-corrected chi connectivity index (χ2v) is 32.8. The van der Waals surface area contributed by atoms with Crippen LogP contribution in [0.25, 0.3) is 0 Å². The van der Waals surface area contributed by atoms with Gasteiger partial charge in [-0.05, 0) is 19.3 Å². The summed E-state index contributed by atoms with van der Waals surface area (Å²) in [5.41, 5.74) is 0. The van der Waals surface area contributed by atoms with Crippen LogP contribution in [0.3, 0.4) is 0 Å². The maximum absolute atomic E-state index is 13.6. The number of hydrogen-bond acceptors (Lipinski definition) is 33. The van der Waals surface area contributed by atoms with Crippen LogP contribution in [-0.2, 0) is 71.2 Å². The Morgan fingerprint density at radius 2 is 0.644 bits per heavy atom. The highest BCUT2D eigenvalue weighted by atomic mass is 16.8. The van der Waals surface area contributed by atoms with E-state index in [1.54, 1.807) is 6.08 Å². The van der Waals surface area contributed by atoms with Gasteiger partial charge in [0.2, 0.25) is 17.7 Å². The molecule has 0 aromatic heterocycles. The number of aliphatic hydroxyl groups is 18. The molecule has 3 amide bonds. The van der Waals surface area contributed by atoms with Gasteiger partial charge in [-0.15, -0.1) is 0 Å². The van der Waals surface area contributed by atoms with E-state index >= 15 is 0 Å². The lowest BCUT2D eigenvalue weighted by Gasteiger charge is -2.51. The van der Waals surface area contributed by atoms with E-state index in [9.17, 15) is 106 Å². The predicted octanol–water partition coefficient (Wildman–Crippen LogP) is -0.0834. The predicted molar refractivity (Wildman–Crippen MR) is 421 cm³/mol. The maximum Gasteiger partial charge on any atom is 0.220 e. The number of aliphatic hydroxyl groups excluding tert-OH is 18. The summed E-state index contributed by atoms with van der Waals surface area (Å²) in [6.45, 7) is 0.0482. The van der Waals surface area contributed by atoms with Gasteiger partial charge in [-0.1, -0.05) is 219 Å². The summed E-state index contributed by atoms with van der Waals surface area (Å²) in [6.07, 6.45) is -12.7. The van der Waals surface area contributed by atoms with Crippen LogP contribution in [-0.4, -0.2) is 352 Å². The smallest absolute Gasteiger partial charge is 0.220 e. The molecule has 6 aliphatic heterocycles. The third-order valence-electron chi connectivity index (χ3n) is 23.2. The molecule has 6 fully saturated rings. The fraction of sp³-hybridized carbons (Fsp3) is 0.939. The molecule has 0 aliphatic carbocycles. The number of carbonyl (C=O) groups excluding carboxylic acids is 3. The number of unbranched alkanes of at least 4 members (excludes halogenated alkanes) is 31. The Morgan fingerprint density at radius 1 is 0.331 bits per heavy atom. The molecule has 36 nitrogen and oxygen atoms in total. The Kier molecular flexibility index (Phi) is 50.0. The molecular formula is C82H149N3O33. The van der Waals surface area contributed by atoms with Gasteiger partial charge in [0.15, 0.2) is 37.7 Å². The number of ether oxygens (including phenoxy) is 12. The van der Waals surface area contributed by atoms with E-state index < -0.39 is 254 Å². The molecule has 690 valence electrons. The first-order valence-electron chi connectivity index (χ1n) is 44.0. The number of carbonyl (C=O) groups is 3. The molecule has 6 aliphatic rings. The van der Waals surface area contributed by atoms with Gasteiger partial charge in [-0.25, -0.2) is 0 Å². The van der Waals surface area contributed by atoms with Crippen molar-refractivity contribution in [3.05, 3.63) is 12.2 Å². The van der Waals surface area contributed by atoms with E-state index in [2.05, 4.69) is 29.8 Å². The van der Waals surface area contributed by atoms with Crippen LogP contribution >= 0.6 is 0 Å². The van der Waals surface area contributed by atoms with Crippen molar-refractivity contribution < 1.29 is 163 Å². The molecule has 6 saturated heterocycles. The minimum Gasteiger partial charge on any atom is -0.394 e. The van der Waals surface area contributed by atoms with Crippen molar-refractivity contribution in [2.75, 3.05) is 46.2 Å². The summed E-state index contributed by atoms with van der Waals surface area (Å²) in [5, 5.41) is 208. The molecule has 36 heteroatoms. The van der Waals surface area contributed by atoms with E-state index in [0.717, 1.165) is 65.2 Å². The quantitative estimate of drug-likeness (QED) is 0.0280. The first-order valence-corrected chi connectivity index (χ1v) is 44.0. The minimum atomic E-state index is -2.28. The second kappa shape index (κ2) is 56.8. The topological polar surface area (TPSA) is 562 Å². The number of amides is 3. The van der Waals surface area contributed by atoms with Crippen LogP contribution in [0.4, 0.5) is 0 Å². The molecule has 0 aromatic rings. The lowest BCUT2D eigenvalue weighted by molar-refractivity contribution is -0.386. The number of hydrogen-bond donors (Lipinski definition) is 21. The van der Waals surface area contributed by atoms with Crippen LogP contribution in [0.15, 0.2) is 12.2 Å². The third-order valence-corrected chi connectivity index (χ3v) is 23.2. The van der Waals surface area contributed by atoms with Crippen LogP contribution < -0.4 is 16.0 Å². The molecule has 0 aromatic carbocycles. The molecular weight excluding hydrogens is 1550 g/mol. The fourth-order valence-electron chi connectivity index (χ4n) is 16.2. The lowest BCUT2D eigenvalue weighted by Crippen LogP contribution is -2.71. The zero-order chi connectivity index (χ0) is 86.2. The van der Waals surface area contributed by atoms with Crippen molar-refractivity contribution in [1.29, 1.82) is 0 Å². The Balaban J connectivity index is 1.08. The molecule has 6 heterocycles. The maximum atomic E-state index is 13.6. The molecule has 0 spiro atoms. The third kappa shape index (κ3) is 32.7. The first kappa shape index (κ1) is 104. The van der Waals surface area contributed by atoms with E-state index in [1.807, 2.05) is 6.08 Å². The largest absolute Gasteiger partial charge is 0.394 e. The Labute approximate surface area is 694 Å². The van der Waals surface area contributed by atoms with E-state index in [4.69, 9.17) is 56.8 Å². The van der Waals surface area contributed by atoms with Crippen LogP contribution in [0, 0.1) is 0 Å². The molecule has 0 saturated carbocycles. The molecule has 32 atom stereocenters. The second-order valence-electron chi connectivity index (χ2n) is 32.8. The highest BCUT2D eigenvalue weighted by molar-refractivity contribution is 5.76. The van der Waals surface area contributed by atoms with Crippen molar-refractivity contribution in [2.24, 2.45) is 0 Å². The van der Waals surface area contributed by atoms with Crippen LogP contribution in [0.2, 0.25) is 0 Å². The summed E-state index contributed by atoms with van der Waals surface area (Å²) in [7, 11) is 0. The molecule has 12 unspecified atom stereocenters. The average molecular weight is 1710 g/mol. The number of rotatable bonds is 58. The first-order chi connectivity index (χ1) is 56.8. The van der Waals surface area contributed by atoms with Gasteiger partial charge in [0.05, 0.1) is 58.4 Å². The summed E-state index contributed by atoms with van der Waals surface area (Å²) < 4.78 is 71.2. The Bertz CT molecular complexity index is 2710. The van der Waals surface area contributed by atoms with E-state index in [0.29, 0.717) is 12.8 Å². The van der Waals surface area contributed by atoms with Gasteiger partial charge < -0.3 is 165 Å². The van der Waals surface area contributed by atoms with Crippen LogP contribution in [0.5, 0.6) is 0 Å². The van der Waals surface area contributed by atoms with E-state index in [1.165, 1.54) is 148 Å². The van der Waals surface area contributed by atoms with Gasteiger partial charge in [0, 0.05) is 20.3 Å². The minimum absolute atomic E-state index is 0.172. The fourth-order valence-corrected chi connectivity index (χ4v) is 16.2. The summed E-state index contributed by atoms with van der Waals surface area (Å²) >= 11 is 0. The number of nitrogens with one attached hydrogen (secondary N) is 3. The molecule has 118 heavy (non-hydrogen) atoms. The lowest BCUT2D eigenvalue weighted by atomic mass is 9.93. The normalized spacial score (nSPS) is 35.9. The van der Waals surface area contributed by atoms with Crippen molar-refractivity contribution in [3.63, 3.8) is 0 Å². The van der Waals surface area contributed by atoms with Crippen molar-refractivity contribution in [3.8, 4) is 0 Å². The zero-order valence-corrected chi connectivity index (χ0v) is 69.8. The Hall–Kier alpha value is -3.05.